The lowest BCUT2D eigenvalue weighted by atomic mass is 10.1. The summed E-state index contributed by atoms with van der Waals surface area (Å²) in [6.45, 7) is 5.01. The topological polar surface area (TPSA) is 46.2 Å². The molecule has 1 saturated heterocycles. The lowest BCUT2D eigenvalue weighted by Crippen LogP contribution is -2.35. The van der Waals surface area contributed by atoms with Crippen LogP contribution in [0.1, 0.15) is 26.7 Å². The lowest BCUT2D eigenvalue weighted by molar-refractivity contribution is 0.433. The predicted octanol–water partition coefficient (Wildman–Crippen LogP) is 0.809. The van der Waals surface area contributed by atoms with E-state index in [-0.39, 0.29) is 0 Å². The number of rotatable bonds is 3. The van der Waals surface area contributed by atoms with E-state index in [9.17, 15) is 8.42 Å². The molecule has 1 heterocycles. The van der Waals surface area contributed by atoms with Gasteiger partial charge in [0.1, 0.15) is 0 Å². The Morgan fingerprint density at radius 3 is 2.69 bits per heavy atom. The maximum atomic E-state index is 11.3. The average Bonchev–Trinajstić information content (AvgIpc) is 1.99. The molecule has 1 atom stereocenters. The molecule has 0 aliphatic carbocycles. The van der Waals surface area contributed by atoms with Crippen molar-refractivity contribution in [1.82, 2.24) is 5.32 Å². The van der Waals surface area contributed by atoms with Gasteiger partial charge >= 0.3 is 0 Å². The highest BCUT2D eigenvalue weighted by Crippen LogP contribution is 2.17. The van der Waals surface area contributed by atoms with Crippen molar-refractivity contribution >= 4 is 9.84 Å². The highest BCUT2D eigenvalue weighted by molar-refractivity contribution is 7.91. The second-order valence-corrected chi connectivity index (χ2v) is 6.41. The molecule has 13 heavy (non-hydrogen) atoms. The normalized spacial score (nSPS) is 27.8. The van der Waals surface area contributed by atoms with E-state index in [4.69, 9.17) is 0 Å². The van der Waals surface area contributed by atoms with Crippen LogP contribution in [0, 0.1) is 5.92 Å². The third-order valence-electron chi connectivity index (χ3n) is 2.37. The first kappa shape index (κ1) is 11.0. The molecule has 3 nitrogen and oxygen atoms in total. The van der Waals surface area contributed by atoms with Crippen molar-refractivity contribution in [2.45, 2.75) is 32.7 Å². The van der Waals surface area contributed by atoms with E-state index < -0.39 is 9.84 Å². The van der Waals surface area contributed by atoms with Gasteiger partial charge in [0, 0.05) is 6.04 Å². The van der Waals surface area contributed by atoms with Crippen molar-refractivity contribution in [2.75, 3.05) is 18.1 Å². The van der Waals surface area contributed by atoms with Gasteiger partial charge in [0.05, 0.1) is 11.5 Å². The third-order valence-corrected chi connectivity index (χ3v) is 4.26. The minimum Gasteiger partial charge on any atom is -0.314 e. The van der Waals surface area contributed by atoms with Gasteiger partial charge in [0.2, 0.25) is 0 Å². The molecule has 4 heteroatoms. The molecular formula is C9H19NO2S. The second kappa shape index (κ2) is 4.42. The molecule has 0 bridgehead atoms. The minimum absolute atomic E-state index is 0.334. The third kappa shape index (κ3) is 4.09. The Labute approximate surface area is 80.8 Å². The summed E-state index contributed by atoms with van der Waals surface area (Å²) < 4.78 is 22.6. The van der Waals surface area contributed by atoms with Gasteiger partial charge in [-0.2, -0.15) is 0 Å². The van der Waals surface area contributed by atoms with E-state index in [0.717, 1.165) is 19.4 Å². The van der Waals surface area contributed by atoms with Crippen LogP contribution in [0.3, 0.4) is 0 Å². The molecule has 78 valence electrons. The molecule has 1 aliphatic rings. The monoisotopic (exact) mass is 205 g/mol. The van der Waals surface area contributed by atoms with Crippen molar-refractivity contribution in [3.8, 4) is 0 Å². The molecule has 1 unspecified atom stereocenters. The summed E-state index contributed by atoms with van der Waals surface area (Å²) in [5, 5.41) is 3.29. The van der Waals surface area contributed by atoms with E-state index in [1.54, 1.807) is 0 Å². The van der Waals surface area contributed by atoms with Crippen LogP contribution < -0.4 is 5.32 Å². The van der Waals surface area contributed by atoms with Gasteiger partial charge in [0.15, 0.2) is 9.84 Å². The molecule has 0 radical (unpaired) electrons. The highest BCUT2D eigenvalue weighted by atomic mass is 32.2. The van der Waals surface area contributed by atoms with Crippen LogP contribution in [-0.4, -0.2) is 32.5 Å². The van der Waals surface area contributed by atoms with Crippen LogP contribution in [0.15, 0.2) is 0 Å². The van der Waals surface area contributed by atoms with E-state index in [1.165, 1.54) is 0 Å². The predicted molar refractivity (Wildman–Crippen MR) is 54.5 cm³/mol. The number of hydrogen-bond donors (Lipinski definition) is 1. The van der Waals surface area contributed by atoms with Gasteiger partial charge < -0.3 is 5.32 Å². The zero-order valence-corrected chi connectivity index (χ0v) is 9.23. The van der Waals surface area contributed by atoms with Gasteiger partial charge in [-0.15, -0.1) is 0 Å². The van der Waals surface area contributed by atoms with Gasteiger partial charge in [-0.05, 0) is 25.3 Å². The van der Waals surface area contributed by atoms with Crippen LogP contribution in [0.5, 0.6) is 0 Å². The highest BCUT2D eigenvalue weighted by Gasteiger charge is 2.24. The summed E-state index contributed by atoms with van der Waals surface area (Å²) >= 11 is 0. The largest absolute Gasteiger partial charge is 0.314 e. The Morgan fingerprint density at radius 2 is 2.15 bits per heavy atom. The molecule has 1 aliphatic heterocycles. The Kier molecular flexibility index (Phi) is 3.74. The van der Waals surface area contributed by atoms with E-state index in [1.807, 2.05) is 0 Å². The summed E-state index contributed by atoms with van der Waals surface area (Å²) in [4.78, 5) is 0. The second-order valence-electron chi connectivity index (χ2n) is 4.19. The van der Waals surface area contributed by atoms with E-state index in [2.05, 4.69) is 19.2 Å². The fourth-order valence-electron chi connectivity index (χ4n) is 1.68. The maximum Gasteiger partial charge on any atom is 0.150 e. The quantitative estimate of drug-likeness (QED) is 0.741. The van der Waals surface area contributed by atoms with Crippen molar-refractivity contribution < 1.29 is 8.42 Å². The Morgan fingerprint density at radius 1 is 1.46 bits per heavy atom. The molecular weight excluding hydrogens is 186 g/mol. The van der Waals surface area contributed by atoms with Crippen molar-refractivity contribution in [3.63, 3.8) is 0 Å². The lowest BCUT2D eigenvalue weighted by Gasteiger charge is -2.23. The molecule has 0 aromatic carbocycles. The smallest absolute Gasteiger partial charge is 0.150 e. The fourth-order valence-corrected chi connectivity index (χ4v) is 3.46. The molecule has 1 N–H and O–H groups in total. The first-order chi connectivity index (χ1) is 5.99. The Balaban J connectivity index is 2.35. The molecule has 0 saturated carbocycles. The standard InChI is InChI=1S/C9H19NO2S/c1-8(2)10-6-9-4-3-5-13(11,12)7-9/h8-10H,3-7H2,1-2H3. The Bertz CT molecular complexity index is 246. The van der Waals surface area contributed by atoms with E-state index >= 15 is 0 Å². The minimum atomic E-state index is -2.72. The maximum absolute atomic E-state index is 11.3. The molecule has 0 aromatic heterocycles. The average molecular weight is 205 g/mol. The molecule has 0 amide bonds. The number of nitrogens with one attached hydrogen (secondary N) is 1. The van der Waals surface area contributed by atoms with Crippen molar-refractivity contribution in [3.05, 3.63) is 0 Å². The number of sulfone groups is 1. The van der Waals surface area contributed by atoms with Crippen LogP contribution in [0.4, 0.5) is 0 Å². The van der Waals surface area contributed by atoms with Gasteiger partial charge in [-0.25, -0.2) is 8.42 Å². The zero-order valence-electron chi connectivity index (χ0n) is 8.41. The number of hydrogen-bond acceptors (Lipinski definition) is 3. The summed E-state index contributed by atoms with van der Waals surface area (Å²) in [5.74, 6) is 1.11. The van der Waals surface area contributed by atoms with Crippen LogP contribution >= 0.6 is 0 Å². The summed E-state index contributed by atoms with van der Waals surface area (Å²) in [6.07, 6.45) is 1.89. The molecule has 0 aromatic rings. The van der Waals surface area contributed by atoms with Crippen LogP contribution in [-0.2, 0) is 9.84 Å². The SMILES string of the molecule is CC(C)NCC1CCCS(=O)(=O)C1. The Hall–Kier alpha value is -0.0900. The van der Waals surface area contributed by atoms with Crippen molar-refractivity contribution in [2.24, 2.45) is 5.92 Å². The fraction of sp³-hybridized carbons (Fsp3) is 1.00. The van der Waals surface area contributed by atoms with Crippen LogP contribution in [0.2, 0.25) is 0 Å². The first-order valence-corrected chi connectivity index (χ1v) is 6.75. The summed E-state index contributed by atoms with van der Waals surface area (Å²) in [7, 11) is -2.72. The zero-order chi connectivity index (χ0) is 9.90. The van der Waals surface area contributed by atoms with Gasteiger partial charge in [-0.1, -0.05) is 13.8 Å². The van der Waals surface area contributed by atoms with Gasteiger partial charge in [-0.3, -0.25) is 0 Å². The van der Waals surface area contributed by atoms with Gasteiger partial charge in [0.25, 0.3) is 0 Å². The summed E-state index contributed by atoms with van der Waals surface area (Å²) in [5.41, 5.74) is 0. The molecule has 0 spiro atoms. The summed E-state index contributed by atoms with van der Waals surface area (Å²) in [6, 6.07) is 0.449. The molecule has 1 fully saturated rings. The molecule has 1 rings (SSSR count). The van der Waals surface area contributed by atoms with Crippen LogP contribution in [0.25, 0.3) is 0 Å². The first-order valence-electron chi connectivity index (χ1n) is 4.93. The van der Waals surface area contributed by atoms with Crippen molar-refractivity contribution in [1.29, 1.82) is 0 Å². The van der Waals surface area contributed by atoms with E-state index in [0.29, 0.717) is 23.5 Å².